The smallest absolute Gasteiger partial charge is 0.330 e. The molecule has 0 aliphatic carbocycles. The first kappa shape index (κ1) is 24.8. The van der Waals surface area contributed by atoms with E-state index >= 15 is 0 Å². The van der Waals surface area contributed by atoms with E-state index in [9.17, 15) is 14.4 Å². The summed E-state index contributed by atoms with van der Waals surface area (Å²) in [6.07, 6.45) is 1.29. The highest BCUT2D eigenvalue weighted by molar-refractivity contribution is 5.95. The zero-order valence-electron chi connectivity index (χ0n) is 19.9. The molecule has 0 saturated heterocycles. The van der Waals surface area contributed by atoms with Gasteiger partial charge in [0, 0.05) is 13.0 Å². The summed E-state index contributed by atoms with van der Waals surface area (Å²) in [5.41, 5.74) is 6.85. The molecule has 8 heteroatoms. The van der Waals surface area contributed by atoms with Gasteiger partial charge in [0.25, 0.3) is 5.56 Å². The minimum absolute atomic E-state index is 0.0150. The Balaban J connectivity index is 1.96. The summed E-state index contributed by atoms with van der Waals surface area (Å²) in [6.45, 7) is 4.59. The lowest BCUT2D eigenvalue weighted by Gasteiger charge is -2.25. The molecule has 0 fully saturated rings. The van der Waals surface area contributed by atoms with E-state index in [0.717, 1.165) is 11.1 Å². The van der Waals surface area contributed by atoms with Crippen LogP contribution in [0.5, 0.6) is 5.75 Å². The van der Waals surface area contributed by atoms with Crippen molar-refractivity contribution in [2.24, 2.45) is 5.92 Å². The maximum absolute atomic E-state index is 13.4. The van der Waals surface area contributed by atoms with Crippen LogP contribution in [0.15, 0.2) is 64.2 Å². The number of rotatable bonds is 10. The maximum atomic E-state index is 13.4. The molecule has 180 valence electrons. The fraction of sp³-hybridized carbons (Fsp3) is 0.346. The first-order valence-corrected chi connectivity index (χ1v) is 11.4. The van der Waals surface area contributed by atoms with Crippen molar-refractivity contribution in [2.75, 3.05) is 24.3 Å². The molecule has 0 bridgehead atoms. The lowest BCUT2D eigenvalue weighted by Crippen LogP contribution is -2.42. The number of aromatic nitrogens is 2. The Bertz CT molecular complexity index is 1230. The van der Waals surface area contributed by atoms with Crippen LogP contribution in [-0.2, 0) is 17.8 Å². The minimum Gasteiger partial charge on any atom is -0.496 e. The summed E-state index contributed by atoms with van der Waals surface area (Å²) < 4.78 is 6.68. The van der Waals surface area contributed by atoms with Crippen molar-refractivity contribution in [2.45, 2.75) is 39.7 Å². The summed E-state index contributed by atoms with van der Waals surface area (Å²) in [7, 11) is 1.59. The number of hydrogen-bond acceptors (Lipinski definition) is 5. The fourth-order valence-electron chi connectivity index (χ4n) is 3.80. The van der Waals surface area contributed by atoms with Gasteiger partial charge in [0.15, 0.2) is 5.69 Å². The molecule has 1 amide bonds. The largest absolute Gasteiger partial charge is 0.496 e. The molecule has 0 spiro atoms. The number of nitrogen functional groups attached to an aromatic ring is 1. The molecule has 0 radical (unpaired) electrons. The predicted octanol–water partition coefficient (Wildman–Crippen LogP) is 3.19. The average molecular weight is 465 g/mol. The number of nitrogens with zero attached hydrogens (tertiary/aromatic N) is 2. The highest BCUT2D eigenvalue weighted by atomic mass is 16.5. The molecular weight excluding hydrogens is 432 g/mol. The maximum Gasteiger partial charge on any atom is 0.330 e. The van der Waals surface area contributed by atoms with Crippen LogP contribution in [0, 0.1) is 5.92 Å². The normalized spacial score (nSPS) is 10.9. The SMILES string of the molecule is COc1ccccc1CCC(=O)N(CCC(C)C)c1c(N)n(Cc2ccccc2)c(=O)[nH]c1=O. The molecule has 3 N–H and O–H groups in total. The standard InChI is InChI=1S/C26H32N4O4/c1-18(2)15-16-29(22(31)14-13-20-11-7-8-12-21(20)34-3)23-24(27)30(26(33)28-25(23)32)17-19-9-5-4-6-10-19/h4-12,18H,13-17,27H2,1-3H3,(H,28,32,33). The van der Waals surface area contributed by atoms with Gasteiger partial charge >= 0.3 is 5.69 Å². The number of methoxy groups -OCH3 is 1. The number of aromatic amines is 1. The highest BCUT2D eigenvalue weighted by Gasteiger charge is 2.24. The Morgan fingerprint density at radius 3 is 2.44 bits per heavy atom. The Hall–Kier alpha value is -3.81. The van der Waals surface area contributed by atoms with Crippen LogP contribution in [0.1, 0.15) is 37.8 Å². The average Bonchev–Trinajstić information content (AvgIpc) is 2.82. The third-order valence-corrected chi connectivity index (χ3v) is 5.70. The molecule has 0 saturated carbocycles. The van der Waals surface area contributed by atoms with Crippen molar-refractivity contribution in [3.63, 3.8) is 0 Å². The van der Waals surface area contributed by atoms with Gasteiger partial charge in [0.05, 0.1) is 13.7 Å². The number of H-pyrrole nitrogens is 1. The summed E-state index contributed by atoms with van der Waals surface area (Å²) in [4.78, 5) is 42.6. The summed E-state index contributed by atoms with van der Waals surface area (Å²) in [5, 5.41) is 0. The number of aryl methyl sites for hydroxylation is 1. The second-order valence-electron chi connectivity index (χ2n) is 8.60. The van der Waals surface area contributed by atoms with E-state index in [1.54, 1.807) is 7.11 Å². The molecule has 0 aliphatic rings. The van der Waals surface area contributed by atoms with E-state index in [2.05, 4.69) is 4.98 Å². The third-order valence-electron chi connectivity index (χ3n) is 5.70. The summed E-state index contributed by atoms with van der Waals surface area (Å²) >= 11 is 0. The Labute approximate surface area is 199 Å². The molecule has 2 aromatic carbocycles. The van der Waals surface area contributed by atoms with Crippen LogP contribution >= 0.6 is 0 Å². The minimum atomic E-state index is -0.666. The zero-order chi connectivity index (χ0) is 24.7. The van der Waals surface area contributed by atoms with Gasteiger partial charge in [-0.1, -0.05) is 62.4 Å². The van der Waals surface area contributed by atoms with Crippen molar-refractivity contribution in [3.8, 4) is 5.75 Å². The van der Waals surface area contributed by atoms with Gasteiger partial charge in [0.1, 0.15) is 11.6 Å². The number of carbonyl (C=O) groups excluding carboxylic acids is 1. The topological polar surface area (TPSA) is 110 Å². The van der Waals surface area contributed by atoms with Crippen molar-refractivity contribution in [3.05, 3.63) is 86.6 Å². The number of amides is 1. The molecule has 3 aromatic rings. The number of carbonyl (C=O) groups is 1. The van der Waals surface area contributed by atoms with Crippen LogP contribution in [0.3, 0.4) is 0 Å². The van der Waals surface area contributed by atoms with E-state index in [4.69, 9.17) is 10.5 Å². The molecule has 1 aromatic heterocycles. The Kier molecular flexibility index (Phi) is 8.29. The number of nitrogens with one attached hydrogen (secondary N) is 1. The van der Waals surface area contributed by atoms with E-state index in [-0.39, 0.29) is 30.4 Å². The second kappa shape index (κ2) is 11.4. The molecule has 3 rings (SSSR count). The molecule has 0 aliphatic heterocycles. The monoisotopic (exact) mass is 464 g/mol. The Morgan fingerprint density at radius 1 is 1.09 bits per heavy atom. The highest BCUT2D eigenvalue weighted by Crippen LogP contribution is 2.23. The van der Waals surface area contributed by atoms with Crippen molar-refractivity contribution in [1.82, 2.24) is 9.55 Å². The molecule has 0 unspecified atom stereocenters. The second-order valence-corrected chi connectivity index (χ2v) is 8.60. The molecule has 8 nitrogen and oxygen atoms in total. The van der Waals surface area contributed by atoms with Crippen LogP contribution in [0.2, 0.25) is 0 Å². The first-order valence-electron chi connectivity index (χ1n) is 11.4. The van der Waals surface area contributed by atoms with Crippen molar-refractivity contribution in [1.29, 1.82) is 0 Å². The molecular formula is C26H32N4O4. The van der Waals surface area contributed by atoms with Gasteiger partial charge in [-0.05, 0) is 36.0 Å². The van der Waals surface area contributed by atoms with Crippen molar-refractivity contribution >= 4 is 17.4 Å². The number of benzene rings is 2. The first-order chi connectivity index (χ1) is 16.3. The van der Waals surface area contributed by atoms with Gasteiger partial charge in [-0.25, -0.2) is 4.79 Å². The van der Waals surface area contributed by atoms with Crippen LogP contribution in [0.4, 0.5) is 11.5 Å². The molecule has 0 atom stereocenters. The lowest BCUT2D eigenvalue weighted by molar-refractivity contribution is -0.118. The Morgan fingerprint density at radius 2 is 1.76 bits per heavy atom. The fourth-order valence-corrected chi connectivity index (χ4v) is 3.80. The predicted molar refractivity (Wildman–Crippen MR) is 134 cm³/mol. The number of para-hydroxylation sites is 1. The van der Waals surface area contributed by atoms with E-state index in [1.165, 1.54) is 9.47 Å². The number of ether oxygens (including phenoxy) is 1. The zero-order valence-corrected chi connectivity index (χ0v) is 19.9. The van der Waals surface area contributed by atoms with E-state index < -0.39 is 11.2 Å². The van der Waals surface area contributed by atoms with Gasteiger partial charge in [-0.2, -0.15) is 0 Å². The summed E-state index contributed by atoms with van der Waals surface area (Å²) in [6, 6.07) is 16.8. The number of anilines is 2. The van der Waals surface area contributed by atoms with Crippen molar-refractivity contribution < 1.29 is 9.53 Å². The number of hydrogen-bond donors (Lipinski definition) is 2. The third kappa shape index (κ3) is 5.95. The van der Waals surface area contributed by atoms with Crippen LogP contribution in [0.25, 0.3) is 0 Å². The quantitative estimate of drug-likeness (QED) is 0.479. The van der Waals surface area contributed by atoms with E-state index in [1.807, 2.05) is 68.4 Å². The van der Waals surface area contributed by atoms with Gasteiger partial charge in [-0.15, -0.1) is 0 Å². The van der Waals surface area contributed by atoms with E-state index in [0.29, 0.717) is 31.1 Å². The van der Waals surface area contributed by atoms with Crippen LogP contribution < -0.4 is 26.6 Å². The van der Waals surface area contributed by atoms with Gasteiger partial charge < -0.3 is 15.4 Å². The number of nitrogens with two attached hydrogens (primary N) is 1. The molecule has 34 heavy (non-hydrogen) atoms. The van der Waals surface area contributed by atoms with Gasteiger partial charge in [0.2, 0.25) is 5.91 Å². The van der Waals surface area contributed by atoms with Crippen LogP contribution in [-0.4, -0.2) is 29.1 Å². The lowest BCUT2D eigenvalue weighted by atomic mass is 10.1. The summed E-state index contributed by atoms with van der Waals surface area (Å²) in [5.74, 6) is 0.749. The molecule has 1 heterocycles. The van der Waals surface area contributed by atoms with Gasteiger partial charge in [-0.3, -0.25) is 19.1 Å².